The number of aryl methyl sites for hydroxylation is 1. The molecule has 0 saturated heterocycles. The van der Waals surface area contributed by atoms with Gasteiger partial charge in [0.15, 0.2) is 0 Å². The molecule has 1 aromatic heterocycles. The fraction of sp³-hybridized carbons (Fsp3) is 0.667. The number of rotatable bonds is 4. The molecule has 0 atom stereocenters. The van der Waals surface area contributed by atoms with E-state index >= 15 is 0 Å². The number of hydrogen-bond donors (Lipinski definition) is 0. The Morgan fingerprint density at radius 1 is 1.31 bits per heavy atom. The molecule has 0 spiro atoms. The lowest BCUT2D eigenvalue weighted by atomic mass is 10.3. The van der Waals surface area contributed by atoms with Crippen LogP contribution >= 0.6 is 15.9 Å². The summed E-state index contributed by atoms with van der Waals surface area (Å²) in [6.07, 6.45) is 5.45. The Hall–Kier alpha value is -0.640. The van der Waals surface area contributed by atoms with Crippen molar-refractivity contribution in [1.82, 2.24) is 9.97 Å². The van der Waals surface area contributed by atoms with Gasteiger partial charge in [0, 0.05) is 18.7 Å². The van der Waals surface area contributed by atoms with E-state index in [9.17, 15) is 0 Å². The minimum atomic E-state index is 0.738. The predicted octanol–water partition coefficient (Wildman–Crippen LogP) is 2.93. The number of halogens is 1. The van der Waals surface area contributed by atoms with E-state index in [0.717, 1.165) is 28.2 Å². The second kappa shape index (κ2) is 3.99. The predicted molar refractivity (Wildman–Crippen MR) is 67.6 cm³/mol. The molecule has 86 valence electrons. The summed E-state index contributed by atoms with van der Waals surface area (Å²) in [5.41, 5.74) is 0. The molecular formula is C12H16BrN3. The van der Waals surface area contributed by atoms with Crippen LogP contribution in [0.15, 0.2) is 10.7 Å². The van der Waals surface area contributed by atoms with Crippen LogP contribution in [0.1, 0.15) is 31.5 Å². The summed E-state index contributed by atoms with van der Waals surface area (Å²) in [7, 11) is 0. The molecule has 2 aliphatic carbocycles. The Morgan fingerprint density at radius 3 is 2.62 bits per heavy atom. The van der Waals surface area contributed by atoms with Crippen molar-refractivity contribution in [2.75, 3.05) is 11.4 Å². The highest BCUT2D eigenvalue weighted by Crippen LogP contribution is 2.37. The third-order valence-electron chi connectivity index (χ3n) is 3.23. The maximum atomic E-state index is 4.56. The highest BCUT2D eigenvalue weighted by atomic mass is 79.9. The summed E-state index contributed by atoms with van der Waals surface area (Å²) in [5, 5.41) is 0. The lowest BCUT2D eigenvalue weighted by Crippen LogP contribution is -2.29. The zero-order chi connectivity index (χ0) is 11.1. The summed E-state index contributed by atoms with van der Waals surface area (Å²) >= 11 is 3.45. The van der Waals surface area contributed by atoms with E-state index in [1.54, 1.807) is 0 Å². The number of nitrogens with zero attached hydrogens (tertiary/aromatic N) is 3. The van der Waals surface area contributed by atoms with Gasteiger partial charge >= 0.3 is 0 Å². The number of aromatic nitrogens is 2. The molecule has 0 aromatic carbocycles. The van der Waals surface area contributed by atoms with Gasteiger partial charge in [0.2, 0.25) is 0 Å². The number of hydrogen-bond acceptors (Lipinski definition) is 3. The van der Waals surface area contributed by atoms with Crippen molar-refractivity contribution < 1.29 is 0 Å². The lowest BCUT2D eigenvalue weighted by molar-refractivity contribution is 0.705. The van der Waals surface area contributed by atoms with E-state index in [1.807, 2.05) is 13.0 Å². The van der Waals surface area contributed by atoms with Crippen LogP contribution in [0.25, 0.3) is 0 Å². The molecule has 3 rings (SSSR count). The normalized spacial score (nSPS) is 19.9. The van der Waals surface area contributed by atoms with Crippen LogP contribution in [0.4, 0.5) is 5.82 Å². The Morgan fingerprint density at radius 2 is 2.06 bits per heavy atom. The molecule has 0 N–H and O–H groups in total. The Bertz CT molecular complexity index is 379. The smallest absolute Gasteiger partial charge is 0.133 e. The first-order valence-electron chi connectivity index (χ1n) is 6.00. The highest BCUT2D eigenvalue weighted by Gasteiger charge is 2.34. The third kappa shape index (κ3) is 2.37. The van der Waals surface area contributed by atoms with Gasteiger partial charge in [-0.15, -0.1) is 0 Å². The van der Waals surface area contributed by atoms with E-state index in [0.29, 0.717) is 0 Å². The van der Waals surface area contributed by atoms with E-state index in [-0.39, 0.29) is 0 Å². The van der Waals surface area contributed by atoms with Crippen molar-refractivity contribution in [2.45, 2.75) is 38.6 Å². The molecule has 3 nitrogen and oxygen atoms in total. The van der Waals surface area contributed by atoms with Crippen LogP contribution in [0.3, 0.4) is 0 Å². The van der Waals surface area contributed by atoms with Crippen LogP contribution in [0.2, 0.25) is 0 Å². The average molecular weight is 282 g/mol. The molecule has 0 radical (unpaired) electrons. The third-order valence-corrected chi connectivity index (χ3v) is 3.63. The average Bonchev–Trinajstić information content (AvgIpc) is 3.07. The van der Waals surface area contributed by atoms with Crippen molar-refractivity contribution in [1.29, 1.82) is 0 Å². The molecule has 0 unspecified atom stereocenters. The fourth-order valence-corrected chi connectivity index (χ4v) is 2.52. The van der Waals surface area contributed by atoms with Gasteiger partial charge in [0.05, 0.1) is 0 Å². The second-order valence-corrected chi connectivity index (χ2v) is 5.74. The van der Waals surface area contributed by atoms with Crippen molar-refractivity contribution >= 4 is 21.7 Å². The summed E-state index contributed by atoms with van der Waals surface area (Å²) in [4.78, 5) is 11.3. The Kier molecular flexibility index (Phi) is 2.62. The van der Waals surface area contributed by atoms with Gasteiger partial charge in [-0.25, -0.2) is 9.97 Å². The SMILES string of the molecule is Cc1nc(Br)cc(N(CC2CC2)C2CC2)n1. The first-order chi connectivity index (χ1) is 7.72. The molecule has 0 aliphatic heterocycles. The topological polar surface area (TPSA) is 29.0 Å². The van der Waals surface area contributed by atoms with Gasteiger partial charge in [0.25, 0.3) is 0 Å². The van der Waals surface area contributed by atoms with Crippen molar-refractivity contribution in [2.24, 2.45) is 5.92 Å². The molecule has 16 heavy (non-hydrogen) atoms. The summed E-state index contributed by atoms with van der Waals surface area (Å²) in [5.74, 6) is 2.87. The van der Waals surface area contributed by atoms with Gasteiger partial charge < -0.3 is 4.90 Å². The van der Waals surface area contributed by atoms with Crippen LogP contribution in [0, 0.1) is 12.8 Å². The van der Waals surface area contributed by atoms with E-state index in [4.69, 9.17) is 0 Å². The summed E-state index contributed by atoms with van der Waals surface area (Å²) < 4.78 is 0.899. The van der Waals surface area contributed by atoms with Crippen molar-refractivity contribution in [3.63, 3.8) is 0 Å². The molecule has 1 heterocycles. The minimum absolute atomic E-state index is 0.738. The minimum Gasteiger partial charge on any atom is -0.353 e. The number of anilines is 1. The summed E-state index contributed by atoms with van der Waals surface area (Å²) in [6, 6.07) is 2.79. The first kappa shape index (κ1) is 10.5. The molecule has 2 aliphatic rings. The quantitative estimate of drug-likeness (QED) is 0.795. The zero-order valence-corrected chi connectivity index (χ0v) is 11.1. The molecule has 2 fully saturated rings. The monoisotopic (exact) mass is 281 g/mol. The zero-order valence-electron chi connectivity index (χ0n) is 9.49. The van der Waals surface area contributed by atoms with Crippen LogP contribution in [-0.4, -0.2) is 22.6 Å². The van der Waals surface area contributed by atoms with Gasteiger partial charge in [0.1, 0.15) is 16.2 Å². The largest absolute Gasteiger partial charge is 0.353 e. The van der Waals surface area contributed by atoms with E-state index in [2.05, 4.69) is 30.8 Å². The lowest BCUT2D eigenvalue weighted by Gasteiger charge is -2.23. The van der Waals surface area contributed by atoms with Gasteiger partial charge in [-0.3, -0.25) is 0 Å². The van der Waals surface area contributed by atoms with Crippen LogP contribution in [-0.2, 0) is 0 Å². The summed E-state index contributed by atoms with van der Waals surface area (Å²) in [6.45, 7) is 3.14. The Labute approximate surface area is 104 Å². The van der Waals surface area contributed by atoms with E-state index < -0.39 is 0 Å². The second-order valence-electron chi connectivity index (χ2n) is 4.92. The Balaban J connectivity index is 1.84. The van der Waals surface area contributed by atoms with Crippen LogP contribution < -0.4 is 4.90 Å². The maximum absolute atomic E-state index is 4.56. The van der Waals surface area contributed by atoms with Crippen molar-refractivity contribution in [3.05, 3.63) is 16.5 Å². The molecule has 2 saturated carbocycles. The van der Waals surface area contributed by atoms with Crippen LogP contribution in [0.5, 0.6) is 0 Å². The first-order valence-corrected chi connectivity index (χ1v) is 6.79. The molecule has 4 heteroatoms. The van der Waals surface area contributed by atoms with Crippen molar-refractivity contribution in [3.8, 4) is 0 Å². The molecule has 1 aromatic rings. The van der Waals surface area contributed by atoms with Gasteiger partial charge in [-0.05, 0) is 54.5 Å². The van der Waals surface area contributed by atoms with E-state index in [1.165, 1.54) is 32.2 Å². The molecular weight excluding hydrogens is 266 g/mol. The van der Waals surface area contributed by atoms with Gasteiger partial charge in [-0.1, -0.05) is 0 Å². The maximum Gasteiger partial charge on any atom is 0.133 e. The highest BCUT2D eigenvalue weighted by molar-refractivity contribution is 9.10. The molecule has 0 amide bonds. The standard InChI is InChI=1S/C12H16BrN3/c1-8-14-11(13)6-12(15-8)16(10-4-5-10)7-9-2-3-9/h6,9-10H,2-5,7H2,1H3. The fourth-order valence-electron chi connectivity index (χ4n) is 2.06. The molecule has 0 bridgehead atoms. The van der Waals surface area contributed by atoms with Gasteiger partial charge in [-0.2, -0.15) is 0 Å².